The van der Waals surface area contributed by atoms with Crippen LogP contribution < -0.4 is 10.1 Å². The molecule has 2 rings (SSSR count). The van der Waals surface area contributed by atoms with Gasteiger partial charge in [0, 0.05) is 30.7 Å². The van der Waals surface area contributed by atoms with Crippen molar-refractivity contribution in [3.63, 3.8) is 0 Å². The lowest BCUT2D eigenvalue weighted by Crippen LogP contribution is -2.58. The molecule has 4 heteroatoms. The Hall–Kier alpha value is -1.55. The van der Waals surface area contributed by atoms with Gasteiger partial charge in [0.25, 0.3) is 5.91 Å². The summed E-state index contributed by atoms with van der Waals surface area (Å²) >= 11 is 0. The number of piperazine rings is 1. The summed E-state index contributed by atoms with van der Waals surface area (Å²) < 4.78 is 5.20. The van der Waals surface area contributed by atoms with Gasteiger partial charge in [-0.25, -0.2) is 0 Å². The average Bonchev–Trinajstić information content (AvgIpc) is 2.46. The summed E-state index contributed by atoms with van der Waals surface area (Å²) in [5, 5.41) is 3.51. The van der Waals surface area contributed by atoms with Crippen LogP contribution in [0.25, 0.3) is 0 Å². The second kappa shape index (κ2) is 6.27. The van der Waals surface area contributed by atoms with Crippen LogP contribution in [0, 0.1) is 5.92 Å². The van der Waals surface area contributed by atoms with Crippen LogP contribution in [0.2, 0.25) is 0 Å². The monoisotopic (exact) mass is 276 g/mol. The number of carbonyl (C=O) groups is 1. The molecule has 1 aliphatic heterocycles. The lowest BCUT2D eigenvalue weighted by atomic mass is 9.99. The molecule has 0 bridgehead atoms. The van der Waals surface area contributed by atoms with Crippen LogP contribution in [0.5, 0.6) is 5.75 Å². The second-order valence-electron chi connectivity index (χ2n) is 5.80. The molecule has 1 fully saturated rings. The van der Waals surface area contributed by atoms with Crippen LogP contribution in [0.4, 0.5) is 0 Å². The fourth-order valence-corrected chi connectivity index (χ4v) is 2.54. The summed E-state index contributed by atoms with van der Waals surface area (Å²) in [4.78, 5) is 14.7. The molecule has 0 saturated carbocycles. The zero-order chi connectivity index (χ0) is 14.7. The van der Waals surface area contributed by atoms with Gasteiger partial charge >= 0.3 is 0 Å². The van der Waals surface area contributed by atoms with Crippen molar-refractivity contribution in [2.45, 2.75) is 32.9 Å². The van der Waals surface area contributed by atoms with Gasteiger partial charge < -0.3 is 15.0 Å². The Balaban J connectivity index is 2.17. The molecule has 2 unspecified atom stereocenters. The van der Waals surface area contributed by atoms with Gasteiger partial charge in [-0.2, -0.15) is 0 Å². The standard InChI is InChI=1S/C16H24N2O2/c1-11(2)15-10-18(12(3)9-17-15)16(19)13-6-5-7-14(8-13)20-4/h5-8,11-12,15,17H,9-10H2,1-4H3. The van der Waals surface area contributed by atoms with E-state index < -0.39 is 0 Å². The van der Waals surface area contributed by atoms with E-state index in [1.54, 1.807) is 7.11 Å². The van der Waals surface area contributed by atoms with Crippen molar-refractivity contribution in [2.75, 3.05) is 20.2 Å². The van der Waals surface area contributed by atoms with E-state index in [0.29, 0.717) is 17.5 Å². The van der Waals surface area contributed by atoms with Crippen LogP contribution in [-0.4, -0.2) is 43.1 Å². The predicted octanol–water partition coefficient (Wildman–Crippen LogP) is 2.15. The molecule has 1 aromatic rings. The van der Waals surface area contributed by atoms with E-state index in [2.05, 4.69) is 26.1 Å². The van der Waals surface area contributed by atoms with Crippen molar-refractivity contribution in [3.05, 3.63) is 29.8 Å². The Bertz CT molecular complexity index is 473. The van der Waals surface area contributed by atoms with Gasteiger partial charge in [0.15, 0.2) is 0 Å². The number of hydrogen-bond donors (Lipinski definition) is 1. The zero-order valence-corrected chi connectivity index (χ0v) is 12.7. The summed E-state index contributed by atoms with van der Waals surface area (Å²) in [7, 11) is 1.62. The number of carbonyl (C=O) groups excluding carboxylic acids is 1. The Morgan fingerprint density at radius 1 is 1.45 bits per heavy atom. The number of hydrogen-bond acceptors (Lipinski definition) is 3. The summed E-state index contributed by atoms with van der Waals surface area (Å²) in [6.45, 7) is 8.05. The number of methoxy groups -OCH3 is 1. The first-order chi connectivity index (χ1) is 9.52. The summed E-state index contributed by atoms with van der Waals surface area (Å²) in [5.74, 6) is 1.32. The number of ether oxygens (including phenoxy) is 1. The van der Waals surface area contributed by atoms with Crippen LogP contribution >= 0.6 is 0 Å². The molecule has 0 radical (unpaired) electrons. The highest BCUT2D eigenvalue weighted by Gasteiger charge is 2.30. The average molecular weight is 276 g/mol. The van der Waals surface area contributed by atoms with Crippen molar-refractivity contribution in [3.8, 4) is 5.75 Å². The van der Waals surface area contributed by atoms with Crippen LogP contribution in [0.3, 0.4) is 0 Å². The smallest absolute Gasteiger partial charge is 0.254 e. The van der Waals surface area contributed by atoms with Gasteiger partial charge in [0.1, 0.15) is 5.75 Å². The van der Waals surface area contributed by atoms with E-state index in [9.17, 15) is 4.79 Å². The third-order valence-electron chi connectivity index (χ3n) is 3.98. The summed E-state index contributed by atoms with van der Waals surface area (Å²) in [6, 6.07) is 7.95. The minimum absolute atomic E-state index is 0.0866. The molecule has 1 aliphatic rings. The van der Waals surface area contributed by atoms with Crippen molar-refractivity contribution in [2.24, 2.45) is 5.92 Å². The minimum atomic E-state index is 0.0866. The normalized spacial score (nSPS) is 22.9. The largest absolute Gasteiger partial charge is 0.497 e. The molecule has 0 spiro atoms. The van der Waals surface area contributed by atoms with Gasteiger partial charge in [0.2, 0.25) is 0 Å². The first-order valence-electron chi connectivity index (χ1n) is 7.21. The van der Waals surface area contributed by atoms with Crippen molar-refractivity contribution >= 4 is 5.91 Å². The molecule has 1 aromatic carbocycles. The summed E-state index contributed by atoms with van der Waals surface area (Å²) in [6.07, 6.45) is 0. The lowest BCUT2D eigenvalue weighted by molar-refractivity contribution is 0.0579. The van der Waals surface area contributed by atoms with E-state index >= 15 is 0 Å². The fraction of sp³-hybridized carbons (Fsp3) is 0.562. The molecule has 1 saturated heterocycles. The molecule has 20 heavy (non-hydrogen) atoms. The Kier molecular flexibility index (Phi) is 4.65. The Morgan fingerprint density at radius 2 is 2.20 bits per heavy atom. The molecular formula is C16H24N2O2. The Morgan fingerprint density at radius 3 is 2.85 bits per heavy atom. The number of benzene rings is 1. The van der Waals surface area contributed by atoms with Gasteiger partial charge in [-0.15, -0.1) is 0 Å². The van der Waals surface area contributed by atoms with Crippen LogP contribution in [0.1, 0.15) is 31.1 Å². The number of nitrogens with zero attached hydrogens (tertiary/aromatic N) is 1. The maximum Gasteiger partial charge on any atom is 0.254 e. The SMILES string of the molecule is COc1cccc(C(=O)N2CC(C(C)C)NCC2C)c1. The zero-order valence-electron chi connectivity index (χ0n) is 12.7. The minimum Gasteiger partial charge on any atom is -0.497 e. The molecular weight excluding hydrogens is 252 g/mol. The molecule has 2 atom stereocenters. The topological polar surface area (TPSA) is 41.6 Å². The third-order valence-corrected chi connectivity index (χ3v) is 3.98. The molecule has 110 valence electrons. The molecule has 1 amide bonds. The van der Waals surface area contributed by atoms with E-state index in [4.69, 9.17) is 4.74 Å². The number of amides is 1. The first-order valence-corrected chi connectivity index (χ1v) is 7.21. The quantitative estimate of drug-likeness (QED) is 0.920. The molecule has 1 heterocycles. The van der Waals surface area contributed by atoms with Crippen molar-refractivity contribution < 1.29 is 9.53 Å². The van der Waals surface area contributed by atoms with Crippen LogP contribution in [0.15, 0.2) is 24.3 Å². The Labute approximate surface area is 121 Å². The first kappa shape index (κ1) is 14.9. The maximum atomic E-state index is 12.7. The number of rotatable bonds is 3. The highest BCUT2D eigenvalue weighted by molar-refractivity contribution is 5.95. The van der Waals surface area contributed by atoms with Gasteiger partial charge in [-0.1, -0.05) is 19.9 Å². The lowest BCUT2D eigenvalue weighted by Gasteiger charge is -2.40. The maximum absolute atomic E-state index is 12.7. The van der Waals surface area contributed by atoms with Crippen molar-refractivity contribution in [1.82, 2.24) is 10.2 Å². The van der Waals surface area contributed by atoms with Gasteiger partial charge in [-0.3, -0.25) is 4.79 Å². The fourth-order valence-electron chi connectivity index (χ4n) is 2.54. The van der Waals surface area contributed by atoms with Gasteiger partial charge in [0.05, 0.1) is 7.11 Å². The second-order valence-corrected chi connectivity index (χ2v) is 5.80. The molecule has 4 nitrogen and oxygen atoms in total. The van der Waals surface area contributed by atoms with E-state index in [-0.39, 0.29) is 11.9 Å². The van der Waals surface area contributed by atoms with E-state index in [1.807, 2.05) is 29.2 Å². The van der Waals surface area contributed by atoms with Crippen LogP contribution in [-0.2, 0) is 0 Å². The number of nitrogens with one attached hydrogen (secondary N) is 1. The summed E-state index contributed by atoms with van der Waals surface area (Å²) in [5.41, 5.74) is 0.695. The third kappa shape index (κ3) is 3.12. The predicted molar refractivity (Wildman–Crippen MR) is 80.1 cm³/mol. The molecule has 1 N–H and O–H groups in total. The highest BCUT2D eigenvalue weighted by Crippen LogP contribution is 2.19. The van der Waals surface area contributed by atoms with E-state index in [0.717, 1.165) is 18.8 Å². The van der Waals surface area contributed by atoms with Crippen molar-refractivity contribution in [1.29, 1.82) is 0 Å². The molecule has 0 aliphatic carbocycles. The molecule has 0 aromatic heterocycles. The van der Waals surface area contributed by atoms with Gasteiger partial charge in [-0.05, 0) is 31.0 Å². The van der Waals surface area contributed by atoms with E-state index in [1.165, 1.54) is 0 Å². The highest BCUT2D eigenvalue weighted by atomic mass is 16.5.